The number of carbonyl (C=O) groups is 2. The van der Waals surface area contributed by atoms with Crippen molar-refractivity contribution >= 4 is 11.9 Å². The van der Waals surface area contributed by atoms with Gasteiger partial charge in [-0.05, 0) is 12.8 Å². The summed E-state index contributed by atoms with van der Waals surface area (Å²) in [5.74, 6) is -0.0780. The van der Waals surface area contributed by atoms with Crippen LogP contribution in [0.2, 0.25) is 0 Å². The first-order valence-corrected chi connectivity index (χ1v) is 5.67. The first-order valence-electron chi connectivity index (χ1n) is 5.67. The van der Waals surface area contributed by atoms with E-state index in [1.165, 1.54) is 12.8 Å². The third kappa shape index (κ3) is 2.30. The minimum Gasteiger partial charge on any atom is -0.481 e. The Bertz CT molecular complexity index is 265. The van der Waals surface area contributed by atoms with E-state index >= 15 is 0 Å². The summed E-state index contributed by atoms with van der Waals surface area (Å²) in [6, 6.07) is 0. The molecule has 4 nitrogen and oxygen atoms in total. The SMILES string of the molecule is O=C(O)CC1CN(C(=O)C2CCCC2)C1. The molecule has 15 heavy (non-hydrogen) atoms. The molecule has 2 fully saturated rings. The van der Waals surface area contributed by atoms with Crippen LogP contribution in [0.25, 0.3) is 0 Å². The van der Waals surface area contributed by atoms with Gasteiger partial charge in [-0.1, -0.05) is 12.8 Å². The number of carboxylic acids is 1. The molecule has 0 aromatic rings. The van der Waals surface area contributed by atoms with E-state index < -0.39 is 5.97 Å². The zero-order valence-corrected chi connectivity index (χ0v) is 8.82. The Labute approximate surface area is 89.3 Å². The van der Waals surface area contributed by atoms with Crippen molar-refractivity contribution in [1.29, 1.82) is 0 Å². The van der Waals surface area contributed by atoms with Gasteiger partial charge in [-0.3, -0.25) is 9.59 Å². The van der Waals surface area contributed by atoms with E-state index in [0.717, 1.165) is 12.8 Å². The molecule has 1 amide bonds. The summed E-state index contributed by atoms with van der Waals surface area (Å²) >= 11 is 0. The van der Waals surface area contributed by atoms with Gasteiger partial charge in [0, 0.05) is 24.9 Å². The number of hydrogen-bond donors (Lipinski definition) is 1. The molecule has 1 saturated carbocycles. The number of hydrogen-bond acceptors (Lipinski definition) is 2. The normalized spacial score (nSPS) is 22.8. The van der Waals surface area contributed by atoms with E-state index in [4.69, 9.17) is 5.11 Å². The van der Waals surface area contributed by atoms with Gasteiger partial charge in [0.2, 0.25) is 5.91 Å². The highest BCUT2D eigenvalue weighted by atomic mass is 16.4. The lowest BCUT2D eigenvalue weighted by Gasteiger charge is -2.40. The zero-order chi connectivity index (χ0) is 10.8. The molecule has 1 aliphatic heterocycles. The molecule has 1 heterocycles. The number of amides is 1. The van der Waals surface area contributed by atoms with Gasteiger partial charge in [0.15, 0.2) is 0 Å². The van der Waals surface area contributed by atoms with Crippen LogP contribution in [0, 0.1) is 11.8 Å². The first kappa shape index (κ1) is 10.5. The second-order valence-corrected chi connectivity index (χ2v) is 4.69. The van der Waals surface area contributed by atoms with Crippen LogP contribution >= 0.6 is 0 Å². The highest BCUT2D eigenvalue weighted by Crippen LogP contribution is 2.29. The molecule has 1 saturated heterocycles. The summed E-state index contributed by atoms with van der Waals surface area (Å²) in [5, 5.41) is 8.58. The Kier molecular flexibility index (Phi) is 2.93. The van der Waals surface area contributed by atoms with Crippen LogP contribution in [0.1, 0.15) is 32.1 Å². The molecular formula is C11H17NO3. The van der Waals surface area contributed by atoms with Crippen molar-refractivity contribution < 1.29 is 14.7 Å². The van der Waals surface area contributed by atoms with E-state index in [0.29, 0.717) is 13.1 Å². The molecule has 0 atom stereocenters. The molecule has 84 valence electrons. The molecule has 1 aliphatic carbocycles. The zero-order valence-electron chi connectivity index (χ0n) is 8.82. The molecule has 0 aromatic carbocycles. The number of nitrogens with zero attached hydrogens (tertiary/aromatic N) is 1. The predicted octanol–water partition coefficient (Wildman–Crippen LogP) is 1.11. The predicted molar refractivity (Wildman–Crippen MR) is 54.3 cm³/mol. The van der Waals surface area contributed by atoms with Crippen LogP contribution in [0.4, 0.5) is 0 Å². The van der Waals surface area contributed by atoms with Crippen molar-refractivity contribution in [3.63, 3.8) is 0 Å². The summed E-state index contributed by atoms with van der Waals surface area (Å²) in [5.41, 5.74) is 0. The van der Waals surface area contributed by atoms with Crippen molar-refractivity contribution in [3.8, 4) is 0 Å². The van der Waals surface area contributed by atoms with Gasteiger partial charge < -0.3 is 10.0 Å². The van der Waals surface area contributed by atoms with Crippen molar-refractivity contribution in [1.82, 2.24) is 4.90 Å². The maximum atomic E-state index is 11.8. The van der Waals surface area contributed by atoms with Gasteiger partial charge in [-0.15, -0.1) is 0 Å². The van der Waals surface area contributed by atoms with Gasteiger partial charge in [0.1, 0.15) is 0 Å². The fourth-order valence-corrected chi connectivity index (χ4v) is 2.56. The number of likely N-dealkylation sites (tertiary alicyclic amines) is 1. The Morgan fingerprint density at radius 2 is 1.80 bits per heavy atom. The second-order valence-electron chi connectivity index (χ2n) is 4.69. The topological polar surface area (TPSA) is 57.6 Å². The third-order valence-corrected chi connectivity index (χ3v) is 3.44. The van der Waals surface area contributed by atoms with E-state index in [-0.39, 0.29) is 24.2 Å². The molecule has 0 radical (unpaired) electrons. The molecule has 2 aliphatic rings. The average Bonchev–Trinajstić information content (AvgIpc) is 2.61. The average molecular weight is 211 g/mol. The highest BCUT2D eigenvalue weighted by Gasteiger charge is 2.36. The number of rotatable bonds is 3. The van der Waals surface area contributed by atoms with E-state index in [2.05, 4.69) is 0 Å². The van der Waals surface area contributed by atoms with Crippen LogP contribution in [0.3, 0.4) is 0 Å². The Hall–Kier alpha value is -1.06. The number of carboxylic acid groups (broad SMARTS) is 1. The van der Waals surface area contributed by atoms with Crippen molar-refractivity contribution in [2.45, 2.75) is 32.1 Å². The fraction of sp³-hybridized carbons (Fsp3) is 0.818. The maximum Gasteiger partial charge on any atom is 0.303 e. The first-order chi connectivity index (χ1) is 7.16. The minimum absolute atomic E-state index is 0.188. The molecule has 1 N–H and O–H groups in total. The van der Waals surface area contributed by atoms with E-state index in [9.17, 15) is 9.59 Å². The summed E-state index contributed by atoms with van der Waals surface area (Å²) in [6.07, 6.45) is 4.60. The molecule has 0 unspecified atom stereocenters. The monoisotopic (exact) mass is 211 g/mol. The van der Waals surface area contributed by atoms with Gasteiger partial charge in [-0.25, -0.2) is 0 Å². The summed E-state index contributed by atoms with van der Waals surface area (Å²) in [4.78, 5) is 24.1. The van der Waals surface area contributed by atoms with Crippen molar-refractivity contribution in [2.75, 3.05) is 13.1 Å². The Balaban J connectivity index is 1.74. The largest absolute Gasteiger partial charge is 0.481 e. The maximum absolute atomic E-state index is 11.8. The van der Waals surface area contributed by atoms with Crippen LogP contribution in [-0.4, -0.2) is 35.0 Å². The smallest absolute Gasteiger partial charge is 0.303 e. The molecule has 0 aromatic heterocycles. The lowest BCUT2D eigenvalue weighted by molar-refractivity contribution is -0.147. The van der Waals surface area contributed by atoms with Crippen LogP contribution in [-0.2, 0) is 9.59 Å². The number of carbonyl (C=O) groups excluding carboxylic acids is 1. The molecule has 0 bridgehead atoms. The van der Waals surface area contributed by atoms with Crippen LogP contribution < -0.4 is 0 Å². The van der Waals surface area contributed by atoms with Gasteiger partial charge in [0.25, 0.3) is 0 Å². The van der Waals surface area contributed by atoms with Gasteiger partial charge in [0.05, 0.1) is 6.42 Å². The Morgan fingerprint density at radius 1 is 1.20 bits per heavy atom. The van der Waals surface area contributed by atoms with Crippen molar-refractivity contribution in [2.24, 2.45) is 11.8 Å². The third-order valence-electron chi connectivity index (χ3n) is 3.44. The second kappa shape index (κ2) is 4.21. The van der Waals surface area contributed by atoms with Crippen molar-refractivity contribution in [3.05, 3.63) is 0 Å². The summed E-state index contributed by atoms with van der Waals surface area (Å²) in [7, 11) is 0. The molecule has 2 rings (SSSR count). The van der Waals surface area contributed by atoms with Crippen LogP contribution in [0.5, 0.6) is 0 Å². The fourth-order valence-electron chi connectivity index (χ4n) is 2.56. The van der Waals surface area contributed by atoms with Gasteiger partial charge >= 0.3 is 5.97 Å². The standard InChI is InChI=1S/C11H17NO3/c13-10(14)5-8-6-12(7-8)11(15)9-3-1-2-4-9/h8-9H,1-7H2,(H,13,14). The molecule has 0 spiro atoms. The lowest BCUT2D eigenvalue weighted by atomic mass is 9.94. The lowest BCUT2D eigenvalue weighted by Crippen LogP contribution is -2.52. The van der Waals surface area contributed by atoms with E-state index in [1.807, 2.05) is 4.90 Å². The molecular weight excluding hydrogens is 194 g/mol. The quantitative estimate of drug-likeness (QED) is 0.760. The van der Waals surface area contributed by atoms with E-state index in [1.54, 1.807) is 0 Å². The summed E-state index contributed by atoms with van der Waals surface area (Å²) in [6.45, 7) is 1.31. The minimum atomic E-state index is -0.757. The van der Waals surface area contributed by atoms with Gasteiger partial charge in [-0.2, -0.15) is 0 Å². The Morgan fingerprint density at radius 3 is 2.33 bits per heavy atom. The number of aliphatic carboxylic acids is 1. The molecule has 4 heteroatoms. The van der Waals surface area contributed by atoms with Crippen LogP contribution in [0.15, 0.2) is 0 Å². The highest BCUT2D eigenvalue weighted by molar-refractivity contribution is 5.80. The summed E-state index contributed by atoms with van der Waals surface area (Å²) < 4.78 is 0.